The molecule has 3 rings (SSSR count). The molecular formula is C17H25ClN4O2. The Hall–Kier alpha value is -1.76. The average Bonchev–Trinajstić information content (AvgIpc) is 3.01. The van der Waals surface area contributed by atoms with Crippen molar-refractivity contribution in [2.24, 2.45) is 7.05 Å². The highest BCUT2D eigenvalue weighted by atomic mass is 35.5. The van der Waals surface area contributed by atoms with E-state index in [0.29, 0.717) is 0 Å². The summed E-state index contributed by atoms with van der Waals surface area (Å²) in [7, 11) is 5.37. The maximum Gasteiger partial charge on any atom is 0.161 e. The number of nitrogens with zero attached hydrogens (tertiary/aromatic N) is 3. The maximum absolute atomic E-state index is 5.41. The van der Waals surface area contributed by atoms with Crippen LogP contribution in [-0.2, 0) is 13.6 Å². The van der Waals surface area contributed by atoms with Crippen molar-refractivity contribution in [3.05, 3.63) is 42.0 Å². The lowest BCUT2D eigenvalue weighted by atomic mass is 10.1. The zero-order valence-electron chi connectivity index (χ0n) is 14.4. The van der Waals surface area contributed by atoms with Crippen LogP contribution in [0.2, 0.25) is 0 Å². The Balaban J connectivity index is 0.00000208. The van der Waals surface area contributed by atoms with Gasteiger partial charge in [0.25, 0.3) is 0 Å². The summed E-state index contributed by atoms with van der Waals surface area (Å²) in [6, 6.07) is 6.39. The molecule has 0 bridgehead atoms. The first-order chi connectivity index (χ1) is 11.2. The third kappa shape index (κ3) is 3.83. The molecule has 7 heteroatoms. The number of aryl methyl sites for hydroxylation is 1. The highest BCUT2D eigenvalue weighted by Crippen LogP contribution is 2.29. The van der Waals surface area contributed by atoms with Crippen molar-refractivity contribution in [1.82, 2.24) is 19.8 Å². The fourth-order valence-electron chi connectivity index (χ4n) is 3.10. The monoisotopic (exact) mass is 352 g/mol. The smallest absolute Gasteiger partial charge is 0.161 e. The molecule has 1 saturated heterocycles. The number of hydrogen-bond acceptors (Lipinski definition) is 5. The Bertz CT molecular complexity index is 662. The third-order valence-electron chi connectivity index (χ3n) is 4.34. The molecule has 0 saturated carbocycles. The van der Waals surface area contributed by atoms with Crippen LogP contribution in [0, 0.1) is 0 Å². The second-order valence-electron chi connectivity index (χ2n) is 5.78. The van der Waals surface area contributed by atoms with E-state index in [1.54, 1.807) is 14.2 Å². The van der Waals surface area contributed by atoms with Gasteiger partial charge in [-0.15, -0.1) is 12.4 Å². The number of piperazine rings is 1. The summed E-state index contributed by atoms with van der Waals surface area (Å²) in [6.45, 7) is 3.76. The first kappa shape index (κ1) is 18.6. The van der Waals surface area contributed by atoms with Crippen LogP contribution in [0.3, 0.4) is 0 Å². The molecule has 1 atom stereocenters. The summed E-state index contributed by atoms with van der Waals surface area (Å²) < 4.78 is 12.8. The number of aromatic nitrogens is 2. The number of rotatable bonds is 5. The number of imidazole rings is 1. The van der Waals surface area contributed by atoms with Crippen LogP contribution in [-0.4, -0.2) is 48.3 Å². The van der Waals surface area contributed by atoms with E-state index in [1.165, 1.54) is 5.56 Å². The van der Waals surface area contributed by atoms with Gasteiger partial charge in [-0.1, -0.05) is 6.07 Å². The van der Waals surface area contributed by atoms with E-state index in [4.69, 9.17) is 9.47 Å². The van der Waals surface area contributed by atoms with Crippen LogP contribution in [0.5, 0.6) is 11.5 Å². The number of ether oxygens (including phenoxy) is 2. The summed E-state index contributed by atoms with van der Waals surface area (Å²) >= 11 is 0. The van der Waals surface area contributed by atoms with Gasteiger partial charge < -0.3 is 19.4 Å². The number of benzene rings is 1. The minimum Gasteiger partial charge on any atom is -0.493 e. The van der Waals surface area contributed by atoms with E-state index in [-0.39, 0.29) is 18.4 Å². The molecule has 0 aliphatic carbocycles. The van der Waals surface area contributed by atoms with Crippen molar-refractivity contribution < 1.29 is 9.47 Å². The molecule has 24 heavy (non-hydrogen) atoms. The SMILES string of the molecule is COc1ccc(CN2CCNCC2c2nccn2C)cc1OC.Cl. The first-order valence-electron chi connectivity index (χ1n) is 7.86. The van der Waals surface area contributed by atoms with Gasteiger partial charge >= 0.3 is 0 Å². The summed E-state index contributed by atoms with van der Waals surface area (Å²) in [5.41, 5.74) is 1.21. The molecule has 2 heterocycles. The Morgan fingerprint density at radius 1 is 1.25 bits per heavy atom. The second-order valence-corrected chi connectivity index (χ2v) is 5.78. The number of halogens is 1. The molecule has 2 aromatic rings. The zero-order chi connectivity index (χ0) is 16.2. The topological polar surface area (TPSA) is 51.5 Å². The van der Waals surface area contributed by atoms with Gasteiger partial charge in [-0.05, 0) is 17.7 Å². The molecule has 1 aromatic carbocycles. The summed E-state index contributed by atoms with van der Waals surface area (Å²) in [4.78, 5) is 6.99. The Kier molecular flexibility index (Phi) is 6.48. The maximum atomic E-state index is 5.41. The first-order valence-corrected chi connectivity index (χ1v) is 7.86. The Morgan fingerprint density at radius 3 is 2.71 bits per heavy atom. The van der Waals surface area contributed by atoms with E-state index in [2.05, 4.69) is 31.9 Å². The van der Waals surface area contributed by atoms with Gasteiger partial charge in [0, 0.05) is 45.6 Å². The lowest BCUT2D eigenvalue weighted by Gasteiger charge is -2.35. The zero-order valence-corrected chi connectivity index (χ0v) is 15.2. The predicted octanol–water partition coefficient (Wildman–Crippen LogP) is 2.01. The minimum absolute atomic E-state index is 0. The van der Waals surface area contributed by atoms with Gasteiger partial charge in [0.15, 0.2) is 11.5 Å². The molecule has 1 fully saturated rings. The van der Waals surface area contributed by atoms with Crippen molar-refractivity contribution in [2.75, 3.05) is 33.9 Å². The van der Waals surface area contributed by atoms with Gasteiger partial charge in [0.2, 0.25) is 0 Å². The van der Waals surface area contributed by atoms with E-state index in [1.807, 2.05) is 25.5 Å². The van der Waals surface area contributed by atoms with Gasteiger partial charge in [-0.2, -0.15) is 0 Å². The minimum atomic E-state index is 0. The van der Waals surface area contributed by atoms with Crippen LogP contribution >= 0.6 is 12.4 Å². The van der Waals surface area contributed by atoms with Crippen molar-refractivity contribution in [1.29, 1.82) is 0 Å². The van der Waals surface area contributed by atoms with Crippen molar-refractivity contribution in [3.8, 4) is 11.5 Å². The fourth-order valence-corrected chi connectivity index (χ4v) is 3.10. The lowest BCUT2D eigenvalue weighted by Crippen LogP contribution is -2.46. The molecule has 1 N–H and O–H groups in total. The third-order valence-corrected chi connectivity index (χ3v) is 4.34. The van der Waals surface area contributed by atoms with Crippen LogP contribution < -0.4 is 14.8 Å². The molecule has 1 aliphatic rings. The Labute approximate surface area is 149 Å². The quantitative estimate of drug-likeness (QED) is 0.892. The molecule has 0 spiro atoms. The molecule has 6 nitrogen and oxygen atoms in total. The summed E-state index contributed by atoms with van der Waals surface area (Å²) in [5.74, 6) is 2.63. The fraction of sp³-hybridized carbons (Fsp3) is 0.471. The van der Waals surface area contributed by atoms with E-state index in [0.717, 1.165) is 43.5 Å². The molecule has 1 unspecified atom stereocenters. The van der Waals surface area contributed by atoms with Gasteiger partial charge in [-0.3, -0.25) is 4.90 Å². The van der Waals surface area contributed by atoms with Crippen molar-refractivity contribution in [2.45, 2.75) is 12.6 Å². The lowest BCUT2D eigenvalue weighted by molar-refractivity contribution is 0.144. The molecule has 1 aromatic heterocycles. The van der Waals surface area contributed by atoms with Crippen LogP contribution in [0.4, 0.5) is 0 Å². The highest BCUT2D eigenvalue weighted by molar-refractivity contribution is 5.85. The van der Waals surface area contributed by atoms with Gasteiger partial charge in [0.05, 0.1) is 20.3 Å². The standard InChI is InChI=1S/C17H24N4O2.ClH/c1-20-8-7-19-17(20)14-11-18-6-9-21(14)12-13-4-5-15(22-2)16(10-13)23-3;/h4-5,7-8,10,14,18H,6,9,11-12H2,1-3H3;1H. The molecular weight excluding hydrogens is 328 g/mol. The molecule has 0 radical (unpaired) electrons. The average molecular weight is 353 g/mol. The second kappa shape index (κ2) is 8.37. The number of nitrogens with one attached hydrogen (secondary N) is 1. The number of methoxy groups -OCH3 is 2. The van der Waals surface area contributed by atoms with Crippen molar-refractivity contribution in [3.63, 3.8) is 0 Å². The van der Waals surface area contributed by atoms with E-state index in [9.17, 15) is 0 Å². The van der Waals surface area contributed by atoms with Crippen molar-refractivity contribution >= 4 is 12.4 Å². The largest absolute Gasteiger partial charge is 0.493 e. The highest BCUT2D eigenvalue weighted by Gasteiger charge is 2.26. The summed E-state index contributed by atoms with van der Waals surface area (Å²) in [6.07, 6.45) is 3.86. The Morgan fingerprint density at radius 2 is 2.04 bits per heavy atom. The van der Waals surface area contributed by atoms with E-state index >= 15 is 0 Å². The summed E-state index contributed by atoms with van der Waals surface area (Å²) in [5, 5.41) is 3.47. The number of hydrogen-bond donors (Lipinski definition) is 1. The van der Waals surface area contributed by atoms with Crippen LogP contribution in [0.15, 0.2) is 30.6 Å². The normalized spacial score (nSPS) is 18.0. The molecule has 1 aliphatic heterocycles. The van der Waals surface area contributed by atoms with Crippen LogP contribution in [0.25, 0.3) is 0 Å². The van der Waals surface area contributed by atoms with Gasteiger partial charge in [0.1, 0.15) is 5.82 Å². The van der Waals surface area contributed by atoms with Crippen LogP contribution in [0.1, 0.15) is 17.4 Å². The molecule has 0 amide bonds. The van der Waals surface area contributed by atoms with Gasteiger partial charge in [-0.25, -0.2) is 4.98 Å². The predicted molar refractivity (Wildman–Crippen MR) is 96.0 cm³/mol. The molecule has 132 valence electrons. The van der Waals surface area contributed by atoms with E-state index < -0.39 is 0 Å².